The van der Waals surface area contributed by atoms with Crippen molar-refractivity contribution in [2.45, 2.75) is 33.1 Å². The number of nitrogens with zero attached hydrogens (tertiary/aromatic N) is 1. The van der Waals surface area contributed by atoms with Crippen LogP contribution in [0, 0.1) is 23.2 Å². The second-order valence-corrected chi connectivity index (χ2v) is 5.99. The van der Waals surface area contributed by atoms with Gasteiger partial charge in [0.15, 0.2) is 0 Å². The summed E-state index contributed by atoms with van der Waals surface area (Å²) in [5.74, 6) is 4.91. The molecular formula is C15H20N2O5. The van der Waals surface area contributed by atoms with E-state index in [2.05, 4.69) is 16.8 Å². The lowest BCUT2D eigenvalue weighted by Gasteiger charge is -2.30. The van der Waals surface area contributed by atoms with Crippen LogP contribution < -0.4 is 11.2 Å². The minimum Gasteiger partial charge on any atom is -0.394 e. The molecule has 3 N–H and O–H groups in total. The van der Waals surface area contributed by atoms with E-state index in [0.29, 0.717) is 0 Å². The summed E-state index contributed by atoms with van der Waals surface area (Å²) >= 11 is 0. The van der Waals surface area contributed by atoms with Crippen molar-refractivity contribution in [2.75, 3.05) is 13.2 Å². The number of H-pyrrole nitrogens is 1. The van der Waals surface area contributed by atoms with Crippen LogP contribution in [0.1, 0.15) is 32.6 Å². The van der Waals surface area contributed by atoms with E-state index in [1.807, 2.05) is 20.8 Å². The zero-order valence-electron chi connectivity index (χ0n) is 12.8. The Morgan fingerprint density at radius 3 is 2.64 bits per heavy atom. The molecule has 0 spiro atoms. The average molecular weight is 308 g/mol. The quantitative estimate of drug-likeness (QED) is 0.635. The fraction of sp³-hybridized carbons (Fsp3) is 0.600. The van der Waals surface area contributed by atoms with Crippen LogP contribution in [0.25, 0.3) is 0 Å². The van der Waals surface area contributed by atoms with Crippen molar-refractivity contribution in [3.05, 3.63) is 32.6 Å². The van der Waals surface area contributed by atoms with E-state index in [1.165, 1.54) is 10.8 Å². The summed E-state index contributed by atoms with van der Waals surface area (Å²) in [4.78, 5) is 26.0. The number of hydrogen-bond donors (Lipinski definition) is 3. The lowest BCUT2D eigenvalue weighted by Crippen LogP contribution is -2.38. The van der Waals surface area contributed by atoms with E-state index in [1.54, 1.807) is 0 Å². The number of aliphatic hydroxyl groups excluding tert-OH is 2. The van der Waals surface area contributed by atoms with Crippen molar-refractivity contribution in [1.29, 1.82) is 0 Å². The van der Waals surface area contributed by atoms with Gasteiger partial charge in [0.25, 0.3) is 5.56 Å². The van der Waals surface area contributed by atoms with Crippen molar-refractivity contribution in [3.63, 3.8) is 0 Å². The number of aromatic amines is 1. The first kappa shape index (κ1) is 16.5. The third-order valence-corrected chi connectivity index (χ3v) is 4.37. The summed E-state index contributed by atoms with van der Waals surface area (Å²) in [5, 5.41) is 18.1. The van der Waals surface area contributed by atoms with Gasteiger partial charge in [-0.25, -0.2) is 4.79 Å². The largest absolute Gasteiger partial charge is 0.394 e. The predicted octanol–water partition coefficient (Wildman–Crippen LogP) is -0.568. The van der Waals surface area contributed by atoms with Crippen LogP contribution in [0.2, 0.25) is 0 Å². The van der Waals surface area contributed by atoms with Gasteiger partial charge in [0.2, 0.25) is 0 Å². The minimum absolute atomic E-state index is 0.0216. The maximum atomic E-state index is 12.1. The molecule has 7 nitrogen and oxygen atoms in total. The molecule has 0 aromatic carbocycles. The molecule has 3 atom stereocenters. The van der Waals surface area contributed by atoms with Crippen LogP contribution in [0.4, 0.5) is 0 Å². The van der Waals surface area contributed by atoms with E-state index < -0.39 is 22.9 Å². The molecule has 1 aliphatic rings. The molecule has 0 aliphatic carbocycles. The van der Waals surface area contributed by atoms with Gasteiger partial charge in [0.1, 0.15) is 18.4 Å². The maximum absolute atomic E-state index is 12.1. The van der Waals surface area contributed by atoms with Gasteiger partial charge in [-0.1, -0.05) is 32.6 Å². The molecular weight excluding hydrogens is 288 g/mol. The fourth-order valence-corrected chi connectivity index (χ4v) is 2.67. The topological polar surface area (TPSA) is 105 Å². The summed E-state index contributed by atoms with van der Waals surface area (Å²) in [6.07, 6.45) is 0.326. The zero-order chi connectivity index (χ0) is 16.5. The summed E-state index contributed by atoms with van der Waals surface area (Å²) in [7, 11) is 0. The van der Waals surface area contributed by atoms with E-state index in [0.717, 1.165) is 0 Å². The molecule has 0 amide bonds. The molecule has 1 unspecified atom stereocenters. The summed E-state index contributed by atoms with van der Waals surface area (Å²) in [5.41, 5.74) is -1.54. The van der Waals surface area contributed by atoms with Gasteiger partial charge in [-0.2, -0.15) is 0 Å². The highest BCUT2D eigenvalue weighted by Gasteiger charge is 2.49. The Hall–Kier alpha value is -1.88. The number of ether oxygens (including phenoxy) is 1. The third-order valence-electron chi connectivity index (χ3n) is 4.37. The number of hydrogen-bond acceptors (Lipinski definition) is 5. The predicted molar refractivity (Wildman–Crippen MR) is 79.2 cm³/mol. The zero-order valence-corrected chi connectivity index (χ0v) is 12.8. The van der Waals surface area contributed by atoms with Gasteiger partial charge in [0.05, 0.1) is 12.7 Å². The molecule has 1 fully saturated rings. The van der Waals surface area contributed by atoms with E-state index in [-0.39, 0.29) is 30.8 Å². The van der Waals surface area contributed by atoms with Gasteiger partial charge < -0.3 is 14.9 Å². The van der Waals surface area contributed by atoms with Gasteiger partial charge in [-0.3, -0.25) is 14.3 Å². The molecule has 1 aliphatic heterocycles. The second-order valence-electron chi connectivity index (χ2n) is 5.99. The van der Waals surface area contributed by atoms with Crippen molar-refractivity contribution in [3.8, 4) is 11.8 Å². The maximum Gasteiger partial charge on any atom is 0.330 e. The van der Waals surface area contributed by atoms with Crippen molar-refractivity contribution < 1.29 is 14.9 Å². The molecule has 0 saturated carbocycles. The highest BCUT2D eigenvalue weighted by Crippen LogP contribution is 2.48. The second kappa shape index (κ2) is 6.08. The molecule has 2 rings (SSSR count). The first-order chi connectivity index (χ1) is 10.3. The van der Waals surface area contributed by atoms with Gasteiger partial charge in [-0.05, 0) is 5.92 Å². The van der Waals surface area contributed by atoms with Crippen LogP contribution in [-0.4, -0.2) is 39.1 Å². The Morgan fingerprint density at radius 2 is 2.09 bits per heavy atom. The fourth-order valence-electron chi connectivity index (χ4n) is 2.67. The molecule has 7 heteroatoms. The Kier molecular flexibility index (Phi) is 4.56. The highest BCUT2D eigenvalue weighted by molar-refractivity contribution is 5.29. The van der Waals surface area contributed by atoms with Crippen molar-refractivity contribution >= 4 is 0 Å². The first-order valence-corrected chi connectivity index (χ1v) is 7.04. The molecule has 120 valence electrons. The Bertz CT molecular complexity index is 722. The molecule has 2 heterocycles. The van der Waals surface area contributed by atoms with Gasteiger partial charge in [-0.15, -0.1) is 0 Å². The van der Waals surface area contributed by atoms with Crippen LogP contribution in [0.15, 0.2) is 15.8 Å². The van der Waals surface area contributed by atoms with E-state index in [4.69, 9.17) is 9.84 Å². The average Bonchev–Trinajstić information content (AvgIpc) is 2.69. The monoisotopic (exact) mass is 308 g/mol. The Balaban J connectivity index is 2.53. The summed E-state index contributed by atoms with van der Waals surface area (Å²) in [6.45, 7) is 5.30. The highest BCUT2D eigenvalue weighted by atomic mass is 16.5. The van der Waals surface area contributed by atoms with Gasteiger partial charge in [0, 0.05) is 11.6 Å². The lowest BCUT2D eigenvalue weighted by atomic mass is 9.78. The number of nitrogens with one attached hydrogen (secondary N) is 1. The summed E-state index contributed by atoms with van der Waals surface area (Å²) < 4.78 is 7.08. The molecule has 1 aromatic rings. The molecule has 22 heavy (non-hydrogen) atoms. The van der Waals surface area contributed by atoms with Crippen LogP contribution in [0.3, 0.4) is 0 Å². The van der Waals surface area contributed by atoms with Crippen molar-refractivity contribution in [2.24, 2.45) is 11.3 Å². The van der Waals surface area contributed by atoms with E-state index in [9.17, 15) is 14.7 Å². The lowest BCUT2D eigenvalue weighted by molar-refractivity contribution is -0.0501. The van der Waals surface area contributed by atoms with Crippen LogP contribution >= 0.6 is 0 Å². The number of aliphatic hydroxyl groups is 2. The molecule has 0 radical (unpaired) electrons. The normalized spacial score (nSPS) is 26.5. The molecule has 1 saturated heterocycles. The Labute approximate surface area is 127 Å². The van der Waals surface area contributed by atoms with Crippen LogP contribution in [-0.2, 0) is 4.74 Å². The molecule has 1 aromatic heterocycles. The first-order valence-electron chi connectivity index (χ1n) is 7.04. The standard InChI is InChI=1S/C15H20N2O5/c1-9-11(8-19)22-13(15(9,2)3)17-7-10(5-4-6-18)12(20)16-14(17)21/h7,9,11,13,18-19H,6,8H2,1-3H3,(H,16,20,21)/t9?,11-,13-/m1/s1. The van der Waals surface area contributed by atoms with Gasteiger partial charge >= 0.3 is 5.69 Å². The number of rotatable bonds is 2. The Morgan fingerprint density at radius 1 is 1.41 bits per heavy atom. The minimum atomic E-state index is -0.626. The summed E-state index contributed by atoms with van der Waals surface area (Å²) in [6, 6.07) is 0. The van der Waals surface area contributed by atoms with Crippen LogP contribution in [0.5, 0.6) is 0 Å². The number of aromatic nitrogens is 2. The molecule has 0 bridgehead atoms. The van der Waals surface area contributed by atoms with Crippen molar-refractivity contribution in [1.82, 2.24) is 9.55 Å². The SMILES string of the molecule is CC1[C@@H](CO)O[C@@H](n2cc(C#CCO)c(=O)[nH]c2=O)C1(C)C. The smallest absolute Gasteiger partial charge is 0.330 e. The van der Waals surface area contributed by atoms with E-state index >= 15 is 0 Å². The third kappa shape index (κ3) is 2.73.